The average Bonchev–Trinajstić information content (AvgIpc) is 3.04. The molecule has 1 N–H and O–H groups in total. The summed E-state index contributed by atoms with van der Waals surface area (Å²) < 4.78 is 6.82. The molecule has 2 aromatic rings. The molecule has 1 fully saturated rings. The number of carbonyl (C=O) groups excluding carboxylic acids is 1. The van der Waals surface area contributed by atoms with Crippen LogP contribution in [0.5, 0.6) is 0 Å². The quantitative estimate of drug-likeness (QED) is 0.830. The van der Waals surface area contributed by atoms with E-state index in [1.807, 2.05) is 6.07 Å². The lowest BCUT2D eigenvalue weighted by Crippen LogP contribution is -2.27. The number of hydrogen-bond donors (Lipinski definition) is 1. The Labute approximate surface area is 137 Å². The van der Waals surface area contributed by atoms with Crippen LogP contribution in [-0.2, 0) is 11.2 Å². The normalized spacial score (nSPS) is 20.6. The zero-order chi connectivity index (χ0) is 16.2. The van der Waals surface area contributed by atoms with Gasteiger partial charge in [0.05, 0.1) is 25.3 Å². The second-order valence-corrected chi connectivity index (χ2v) is 6.45. The standard InChI is InChI=1S/C16H16N2O4S/c19-9-15-22-10-14(23-15)18-7-6-12(17-16(18)21)8-13(20)11-4-2-1-3-5-11/h1-7,14-15,19H,8-10H2/t14-,15-/m1/s1. The first-order valence-corrected chi connectivity index (χ1v) is 8.16. The molecule has 0 spiro atoms. The molecule has 0 saturated carbocycles. The van der Waals surface area contributed by atoms with Gasteiger partial charge in [-0.3, -0.25) is 9.36 Å². The lowest BCUT2D eigenvalue weighted by Gasteiger charge is -2.11. The third-order valence-corrected chi connectivity index (χ3v) is 4.78. The van der Waals surface area contributed by atoms with E-state index in [1.54, 1.807) is 36.5 Å². The topological polar surface area (TPSA) is 81.4 Å². The van der Waals surface area contributed by atoms with Crippen molar-refractivity contribution < 1.29 is 14.6 Å². The lowest BCUT2D eigenvalue weighted by molar-refractivity contribution is 0.0803. The van der Waals surface area contributed by atoms with Gasteiger partial charge < -0.3 is 9.84 Å². The summed E-state index contributed by atoms with van der Waals surface area (Å²) in [6.45, 7) is 0.257. The summed E-state index contributed by atoms with van der Waals surface area (Å²) in [5.74, 6) is -0.0748. The van der Waals surface area contributed by atoms with E-state index in [0.717, 1.165) is 0 Å². The van der Waals surface area contributed by atoms with Gasteiger partial charge in [-0.2, -0.15) is 4.98 Å². The highest BCUT2D eigenvalue weighted by Crippen LogP contribution is 2.34. The van der Waals surface area contributed by atoms with Crippen LogP contribution in [0.2, 0.25) is 0 Å². The van der Waals surface area contributed by atoms with Gasteiger partial charge in [0, 0.05) is 11.8 Å². The summed E-state index contributed by atoms with van der Waals surface area (Å²) in [7, 11) is 0. The van der Waals surface area contributed by atoms with Crippen LogP contribution >= 0.6 is 11.8 Å². The third kappa shape index (κ3) is 3.69. The predicted molar refractivity (Wildman–Crippen MR) is 86.4 cm³/mol. The van der Waals surface area contributed by atoms with Gasteiger partial charge in [0.15, 0.2) is 5.78 Å². The first-order valence-electron chi connectivity index (χ1n) is 7.21. The Balaban J connectivity index is 1.72. The number of hydrogen-bond acceptors (Lipinski definition) is 6. The molecule has 120 valence electrons. The molecule has 7 heteroatoms. The molecule has 6 nitrogen and oxygen atoms in total. The van der Waals surface area contributed by atoms with Crippen LogP contribution in [0.4, 0.5) is 0 Å². The van der Waals surface area contributed by atoms with Crippen LogP contribution < -0.4 is 5.69 Å². The average molecular weight is 332 g/mol. The molecule has 2 atom stereocenters. The Hall–Kier alpha value is -1.96. The van der Waals surface area contributed by atoms with Gasteiger partial charge in [-0.1, -0.05) is 30.3 Å². The van der Waals surface area contributed by atoms with Crippen LogP contribution in [0.1, 0.15) is 21.4 Å². The zero-order valence-electron chi connectivity index (χ0n) is 12.3. The van der Waals surface area contributed by atoms with Crippen LogP contribution in [0, 0.1) is 0 Å². The Morgan fingerprint density at radius 1 is 1.35 bits per heavy atom. The largest absolute Gasteiger partial charge is 0.393 e. The number of nitrogens with zero attached hydrogens (tertiary/aromatic N) is 2. The number of ketones is 1. The van der Waals surface area contributed by atoms with Crippen LogP contribution in [0.25, 0.3) is 0 Å². The van der Waals surface area contributed by atoms with Gasteiger partial charge >= 0.3 is 5.69 Å². The van der Waals surface area contributed by atoms with Crippen molar-refractivity contribution in [1.29, 1.82) is 0 Å². The number of carbonyl (C=O) groups is 1. The van der Waals surface area contributed by atoms with Gasteiger partial charge in [0.1, 0.15) is 10.8 Å². The summed E-state index contributed by atoms with van der Waals surface area (Å²) in [5.41, 5.74) is 0.320. The van der Waals surface area contributed by atoms with Gasteiger partial charge in [-0.05, 0) is 6.07 Å². The minimum atomic E-state index is -0.414. The molecule has 2 heterocycles. The highest BCUT2D eigenvalue weighted by atomic mass is 32.2. The summed E-state index contributed by atoms with van der Waals surface area (Å²) in [6, 6.07) is 10.6. The highest BCUT2D eigenvalue weighted by Gasteiger charge is 2.27. The van der Waals surface area contributed by atoms with E-state index in [2.05, 4.69) is 4.98 Å². The van der Waals surface area contributed by atoms with Gasteiger partial charge in [0.25, 0.3) is 0 Å². The Morgan fingerprint density at radius 2 is 2.13 bits per heavy atom. The van der Waals surface area contributed by atoms with Crippen LogP contribution in [0.3, 0.4) is 0 Å². The van der Waals surface area contributed by atoms with E-state index in [4.69, 9.17) is 9.84 Å². The fraction of sp³-hybridized carbons (Fsp3) is 0.312. The molecule has 0 amide bonds. The Kier molecular flexibility index (Phi) is 4.90. The van der Waals surface area contributed by atoms with E-state index in [0.29, 0.717) is 17.9 Å². The molecule has 0 aliphatic carbocycles. The number of aromatic nitrogens is 2. The molecule has 1 aromatic carbocycles. The van der Waals surface area contributed by atoms with Gasteiger partial charge in [-0.15, -0.1) is 11.8 Å². The summed E-state index contributed by atoms with van der Waals surface area (Å²) in [6.07, 6.45) is 1.72. The predicted octanol–water partition coefficient (Wildman–Crippen LogP) is 1.25. The second kappa shape index (κ2) is 7.08. The fourth-order valence-electron chi connectivity index (χ4n) is 2.34. The number of ether oxygens (including phenoxy) is 1. The molecule has 0 unspecified atom stereocenters. The third-order valence-electron chi connectivity index (χ3n) is 3.52. The van der Waals surface area contributed by atoms with Gasteiger partial charge in [-0.25, -0.2) is 4.79 Å². The van der Waals surface area contributed by atoms with Crippen molar-refractivity contribution >= 4 is 17.5 Å². The van der Waals surface area contributed by atoms with E-state index >= 15 is 0 Å². The van der Waals surface area contributed by atoms with E-state index < -0.39 is 5.69 Å². The first kappa shape index (κ1) is 15.9. The number of thioether (sulfide) groups is 1. The summed E-state index contributed by atoms with van der Waals surface area (Å²) in [4.78, 5) is 28.3. The fourth-order valence-corrected chi connectivity index (χ4v) is 3.38. The van der Waals surface area contributed by atoms with E-state index in [1.165, 1.54) is 16.3 Å². The Morgan fingerprint density at radius 3 is 2.78 bits per heavy atom. The summed E-state index contributed by atoms with van der Waals surface area (Å²) in [5, 5.41) is 8.86. The van der Waals surface area contributed by atoms with Crippen molar-refractivity contribution in [2.45, 2.75) is 17.2 Å². The molecule has 0 radical (unpaired) electrons. The maximum atomic E-state index is 12.1. The minimum absolute atomic E-state index is 0.0748. The number of aliphatic hydroxyl groups excluding tert-OH is 1. The zero-order valence-corrected chi connectivity index (χ0v) is 13.1. The van der Waals surface area contributed by atoms with E-state index in [9.17, 15) is 9.59 Å². The molecule has 1 aliphatic heterocycles. The molecule has 1 aliphatic rings. The number of Topliss-reactive ketones (excluding diaryl/α,β-unsaturated/α-hetero) is 1. The Bertz CT molecular complexity index is 747. The number of aliphatic hydroxyl groups is 1. The minimum Gasteiger partial charge on any atom is -0.393 e. The summed E-state index contributed by atoms with van der Waals surface area (Å²) >= 11 is 1.38. The smallest absolute Gasteiger partial charge is 0.348 e. The van der Waals surface area contributed by atoms with Gasteiger partial charge in [0.2, 0.25) is 0 Å². The van der Waals surface area contributed by atoms with E-state index in [-0.39, 0.29) is 29.6 Å². The van der Waals surface area contributed by atoms with Crippen molar-refractivity contribution in [3.63, 3.8) is 0 Å². The molecule has 23 heavy (non-hydrogen) atoms. The van der Waals surface area contributed by atoms with Crippen LogP contribution in [0.15, 0.2) is 47.4 Å². The second-order valence-electron chi connectivity index (χ2n) is 5.11. The number of benzene rings is 1. The molecule has 3 rings (SSSR count). The van der Waals surface area contributed by atoms with Crippen molar-refractivity contribution in [2.24, 2.45) is 0 Å². The maximum absolute atomic E-state index is 12.1. The molecular weight excluding hydrogens is 316 g/mol. The maximum Gasteiger partial charge on any atom is 0.348 e. The lowest BCUT2D eigenvalue weighted by atomic mass is 10.1. The molecule has 0 bridgehead atoms. The van der Waals surface area contributed by atoms with Crippen molar-refractivity contribution in [3.05, 3.63) is 64.3 Å². The molecule has 1 saturated heterocycles. The van der Waals surface area contributed by atoms with Crippen molar-refractivity contribution in [1.82, 2.24) is 9.55 Å². The number of rotatable bonds is 5. The van der Waals surface area contributed by atoms with Crippen LogP contribution in [-0.4, -0.2) is 39.1 Å². The van der Waals surface area contributed by atoms with Crippen molar-refractivity contribution in [3.8, 4) is 0 Å². The molecule has 1 aromatic heterocycles. The molecular formula is C16H16N2O4S. The highest BCUT2D eigenvalue weighted by molar-refractivity contribution is 8.00. The van der Waals surface area contributed by atoms with Crippen molar-refractivity contribution in [2.75, 3.05) is 13.2 Å². The first-order chi connectivity index (χ1) is 11.2. The SMILES string of the molecule is O=C(Cc1ccn([C@H]2CO[C@@H](CO)S2)c(=O)n1)c1ccccc1. The monoisotopic (exact) mass is 332 g/mol.